The first kappa shape index (κ1) is 16.5. The quantitative estimate of drug-likeness (QED) is 0.574. The molecule has 3 rings (SSSR count). The Bertz CT molecular complexity index is 1020. The number of non-ortho nitro benzene ring substituents is 1. The van der Waals surface area contributed by atoms with Gasteiger partial charge in [-0.2, -0.15) is 0 Å². The van der Waals surface area contributed by atoms with Crippen molar-refractivity contribution in [3.63, 3.8) is 0 Å². The van der Waals surface area contributed by atoms with Crippen LogP contribution in [0.1, 0.15) is 21.6 Å². The van der Waals surface area contributed by atoms with Gasteiger partial charge in [0.2, 0.25) is 0 Å². The molecule has 2 aromatic carbocycles. The predicted octanol–water partition coefficient (Wildman–Crippen LogP) is 4.15. The Labute approximate surface area is 142 Å². The molecule has 7 heteroatoms. The van der Waals surface area contributed by atoms with Gasteiger partial charge in [0.1, 0.15) is 5.82 Å². The Balaban J connectivity index is 2.05. The maximum Gasteiger partial charge on any atom is 0.271 e. The van der Waals surface area contributed by atoms with Crippen LogP contribution in [-0.4, -0.2) is 15.8 Å². The standard InChI is InChI=1S/C18H14FN3O3/c1-10-3-5-13(22(24)25)9-17(10)21-18(23)15-7-11(2)20-16-6-4-12(19)8-14(15)16/h3-9H,1-2H3,(H,21,23). The Morgan fingerprint density at radius 3 is 2.64 bits per heavy atom. The van der Waals surface area contributed by atoms with Crippen molar-refractivity contribution in [1.82, 2.24) is 4.98 Å². The molecule has 126 valence electrons. The van der Waals surface area contributed by atoms with Gasteiger partial charge in [0.15, 0.2) is 0 Å². The summed E-state index contributed by atoms with van der Waals surface area (Å²) in [6, 6.07) is 9.81. The number of amides is 1. The highest BCUT2D eigenvalue weighted by Crippen LogP contribution is 2.25. The van der Waals surface area contributed by atoms with Gasteiger partial charge < -0.3 is 5.32 Å². The van der Waals surface area contributed by atoms with Crippen LogP contribution in [0.15, 0.2) is 42.5 Å². The van der Waals surface area contributed by atoms with E-state index in [0.29, 0.717) is 27.8 Å². The van der Waals surface area contributed by atoms with Crippen LogP contribution in [0.2, 0.25) is 0 Å². The van der Waals surface area contributed by atoms with Crippen LogP contribution >= 0.6 is 0 Å². The van der Waals surface area contributed by atoms with Crippen LogP contribution in [0.25, 0.3) is 10.9 Å². The Kier molecular flexibility index (Phi) is 4.14. The number of aromatic nitrogens is 1. The third-order valence-corrected chi connectivity index (χ3v) is 3.82. The molecule has 0 spiro atoms. The molecule has 6 nitrogen and oxygen atoms in total. The first-order valence-corrected chi connectivity index (χ1v) is 7.48. The van der Waals surface area contributed by atoms with Crippen molar-refractivity contribution in [2.45, 2.75) is 13.8 Å². The zero-order valence-electron chi connectivity index (χ0n) is 13.5. The number of nitro benzene ring substituents is 1. The topological polar surface area (TPSA) is 85.1 Å². The van der Waals surface area contributed by atoms with Crippen LogP contribution in [0.5, 0.6) is 0 Å². The first-order valence-electron chi connectivity index (χ1n) is 7.48. The van der Waals surface area contributed by atoms with Crippen molar-refractivity contribution in [1.29, 1.82) is 0 Å². The molecular formula is C18H14FN3O3. The minimum Gasteiger partial charge on any atom is -0.321 e. The third-order valence-electron chi connectivity index (χ3n) is 3.82. The average molecular weight is 339 g/mol. The Morgan fingerprint density at radius 1 is 1.16 bits per heavy atom. The number of nitrogens with one attached hydrogen (secondary N) is 1. The maximum absolute atomic E-state index is 13.6. The molecule has 1 N–H and O–H groups in total. The second-order valence-corrected chi connectivity index (χ2v) is 5.68. The number of fused-ring (bicyclic) bond motifs is 1. The largest absolute Gasteiger partial charge is 0.321 e. The molecule has 1 amide bonds. The highest BCUT2D eigenvalue weighted by molar-refractivity contribution is 6.12. The summed E-state index contributed by atoms with van der Waals surface area (Å²) in [6.45, 7) is 3.47. The number of nitrogens with zero attached hydrogens (tertiary/aromatic N) is 2. The van der Waals surface area contributed by atoms with Gasteiger partial charge in [0, 0.05) is 23.2 Å². The van der Waals surface area contributed by atoms with Gasteiger partial charge in [0.25, 0.3) is 11.6 Å². The predicted molar refractivity (Wildman–Crippen MR) is 92.2 cm³/mol. The number of carbonyl (C=O) groups is 1. The molecular weight excluding hydrogens is 325 g/mol. The zero-order valence-corrected chi connectivity index (χ0v) is 13.5. The van der Waals surface area contributed by atoms with E-state index >= 15 is 0 Å². The number of rotatable bonds is 3. The fraction of sp³-hybridized carbons (Fsp3) is 0.111. The van der Waals surface area contributed by atoms with E-state index in [1.165, 1.54) is 30.3 Å². The molecule has 0 aliphatic rings. The number of nitro groups is 1. The highest BCUT2D eigenvalue weighted by Gasteiger charge is 2.16. The summed E-state index contributed by atoms with van der Waals surface area (Å²) in [5, 5.41) is 14.0. The Hall–Kier alpha value is -3.35. The molecule has 3 aromatic rings. The van der Waals surface area contributed by atoms with Crippen LogP contribution in [0.4, 0.5) is 15.8 Å². The zero-order chi connectivity index (χ0) is 18.1. The van der Waals surface area contributed by atoms with E-state index in [1.807, 2.05) is 0 Å². The van der Waals surface area contributed by atoms with Gasteiger partial charge in [-0.25, -0.2) is 4.39 Å². The van der Waals surface area contributed by atoms with Crippen molar-refractivity contribution in [3.05, 3.63) is 75.2 Å². The summed E-state index contributed by atoms with van der Waals surface area (Å²) in [5.74, 6) is -0.955. The van der Waals surface area contributed by atoms with Crippen LogP contribution in [0.3, 0.4) is 0 Å². The molecule has 0 unspecified atom stereocenters. The van der Waals surface area contributed by atoms with E-state index in [2.05, 4.69) is 10.3 Å². The van der Waals surface area contributed by atoms with E-state index in [1.54, 1.807) is 26.0 Å². The fourth-order valence-electron chi connectivity index (χ4n) is 2.57. The number of hydrogen-bond acceptors (Lipinski definition) is 4. The van der Waals surface area contributed by atoms with Crippen LogP contribution in [0, 0.1) is 29.8 Å². The number of aryl methyl sites for hydroxylation is 2. The van der Waals surface area contributed by atoms with Crippen molar-refractivity contribution >= 4 is 28.2 Å². The average Bonchev–Trinajstić information content (AvgIpc) is 2.56. The number of halogens is 1. The lowest BCUT2D eigenvalue weighted by atomic mass is 10.1. The minimum atomic E-state index is -0.531. The molecule has 0 bridgehead atoms. The lowest BCUT2D eigenvalue weighted by molar-refractivity contribution is -0.384. The van der Waals surface area contributed by atoms with Gasteiger partial charge in [-0.1, -0.05) is 6.07 Å². The normalized spacial score (nSPS) is 10.7. The third kappa shape index (κ3) is 3.30. The summed E-state index contributed by atoms with van der Waals surface area (Å²) in [4.78, 5) is 27.4. The monoisotopic (exact) mass is 339 g/mol. The van der Waals surface area contributed by atoms with Gasteiger partial charge in [-0.3, -0.25) is 19.9 Å². The summed E-state index contributed by atoms with van der Waals surface area (Å²) in [7, 11) is 0. The summed E-state index contributed by atoms with van der Waals surface area (Å²) < 4.78 is 13.6. The summed E-state index contributed by atoms with van der Waals surface area (Å²) in [5.41, 5.74) is 2.26. The van der Waals surface area contributed by atoms with Crippen molar-refractivity contribution in [2.24, 2.45) is 0 Å². The van der Waals surface area contributed by atoms with Gasteiger partial charge in [0.05, 0.1) is 21.7 Å². The number of pyridine rings is 1. The van der Waals surface area contributed by atoms with Gasteiger partial charge in [-0.05, 0) is 43.7 Å². The molecule has 0 saturated heterocycles. The van der Waals surface area contributed by atoms with Crippen molar-refractivity contribution < 1.29 is 14.1 Å². The molecule has 0 atom stereocenters. The van der Waals surface area contributed by atoms with Crippen LogP contribution in [-0.2, 0) is 0 Å². The van der Waals surface area contributed by atoms with Gasteiger partial charge >= 0.3 is 0 Å². The maximum atomic E-state index is 13.6. The Morgan fingerprint density at radius 2 is 1.92 bits per heavy atom. The molecule has 0 fully saturated rings. The van der Waals surface area contributed by atoms with E-state index in [0.717, 1.165) is 0 Å². The van der Waals surface area contributed by atoms with E-state index in [9.17, 15) is 19.3 Å². The smallest absolute Gasteiger partial charge is 0.271 e. The van der Waals surface area contributed by atoms with Crippen LogP contribution < -0.4 is 5.32 Å². The molecule has 0 aliphatic heterocycles. The number of benzene rings is 2. The van der Waals surface area contributed by atoms with E-state index in [-0.39, 0.29) is 11.3 Å². The van der Waals surface area contributed by atoms with E-state index in [4.69, 9.17) is 0 Å². The molecule has 1 heterocycles. The summed E-state index contributed by atoms with van der Waals surface area (Å²) in [6.07, 6.45) is 0. The second kappa shape index (κ2) is 6.27. The molecule has 0 saturated carbocycles. The van der Waals surface area contributed by atoms with Crippen molar-refractivity contribution in [2.75, 3.05) is 5.32 Å². The summed E-state index contributed by atoms with van der Waals surface area (Å²) >= 11 is 0. The number of anilines is 1. The molecule has 0 radical (unpaired) electrons. The van der Waals surface area contributed by atoms with Crippen molar-refractivity contribution in [3.8, 4) is 0 Å². The highest BCUT2D eigenvalue weighted by atomic mass is 19.1. The SMILES string of the molecule is Cc1cc(C(=O)Nc2cc([N+](=O)[O-])ccc2C)c2cc(F)ccc2n1. The molecule has 1 aromatic heterocycles. The number of hydrogen-bond donors (Lipinski definition) is 1. The molecule has 25 heavy (non-hydrogen) atoms. The minimum absolute atomic E-state index is 0.122. The lowest BCUT2D eigenvalue weighted by Gasteiger charge is -2.11. The number of carbonyl (C=O) groups excluding carboxylic acids is 1. The second-order valence-electron chi connectivity index (χ2n) is 5.68. The fourth-order valence-corrected chi connectivity index (χ4v) is 2.57. The van der Waals surface area contributed by atoms with E-state index < -0.39 is 16.6 Å². The van der Waals surface area contributed by atoms with Gasteiger partial charge in [-0.15, -0.1) is 0 Å². The molecule has 0 aliphatic carbocycles. The lowest BCUT2D eigenvalue weighted by Crippen LogP contribution is -2.14. The first-order chi connectivity index (χ1) is 11.8.